The molecule has 1 aliphatic heterocycles. The fourth-order valence-electron chi connectivity index (χ4n) is 4.65. The Morgan fingerprint density at radius 3 is 3.14 bits per heavy atom. The molecule has 0 spiro atoms. The molecule has 1 saturated heterocycles. The van der Waals surface area contributed by atoms with Gasteiger partial charge in [-0.05, 0) is 48.9 Å². The first-order valence-corrected chi connectivity index (χ1v) is 9.90. The van der Waals surface area contributed by atoms with Gasteiger partial charge in [-0.3, -0.25) is 10.00 Å². The van der Waals surface area contributed by atoms with Crippen LogP contribution in [0.3, 0.4) is 0 Å². The van der Waals surface area contributed by atoms with Gasteiger partial charge in [-0.2, -0.15) is 16.9 Å². The second-order valence-corrected chi connectivity index (χ2v) is 7.78. The molecule has 22 heavy (non-hydrogen) atoms. The lowest BCUT2D eigenvalue weighted by Crippen LogP contribution is -2.50. The number of fused-ring (bicyclic) bond motifs is 2. The van der Waals surface area contributed by atoms with E-state index in [0.717, 1.165) is 17.9 Å². The Balaban J connectivity index is 1.75. The third kappa shape index (κ3) is 2.28. The molecule has 0 bridgehead atoms. The van der Waals surface area contributed by atoms with Crippen molar-refractivity contribution < 1.29 is 0 Å². The molecule has 118 valence electrons. The number of likely N-dealkylation sites (tertiary alicyclic amines) is 1. The maximum Gasteiger partial charge on any atom is 0.0926 e. The monoisotopic (exact) mass is 315 g/mol. The molecule has 0 saturated carbocycles. The molecule has 2 aliphatic rings. The standard InChI is InChI=1S/C18H25N3S/c1-3-7-21-10-12(11-22-2)8-14-13-5-4-6-15-18(13)16(20-19-15)9-17(14)21/h4-6,12,14,17H,3,7-11H2,1-2H3,(H,19,20)/t12?,14-,17-/m0/s1. The second kappa shape index (κ2) is 5.89. The molecule has 1 N–H and O–H groups in total. The lowest BCUT2D eigenvalue weighted by Gasteiger charge is -2.47. The Bertz CT molecular complexity index is 665. The van der Waals surface area contributed by atoms with Crippen LogP contribution in [0.25, 0.3) is 10.9 Å². The van der Waals surface area contributed by atoms with Gasteiger partial charge in [0.05, 0.1) is 5.52 Å². The second-order valence-electron chi connectivity index (χ2n) is 6.87. The van der Waals surface area contributed by atoms with Gasteiger partial charge in [-0.25, -0.2) is 0 Å². The third-order valence-electron chi connectivity index (χ3n) is 5.43. The Morgan fingerprint density at radius 2 is 2.32 bits per heavy atom. The van der Waals surface area contributed by atoms with Crippen LogP contribution < -0.4 is 0 Å². The molecule has 4 heteroatoms. The quantitative estimate of drug-likeness (QED) is 0.934. The maximum atomic E-state index is 4.53. The van der Waals surface area contributed by atoms with Crippen LogP contribution in [0.4, 0.5) is 0 Å². The number of thioether (sulfide) groups is 1. The molecule has 1 fully saturated rings. The van der Waals surface area contributed by atoms with Gasteiger partial charge in [0, 0.05) is 36.0 Å². The smallest absolute Gasteiger partial charge is 0.0926 e. The van der Waals surface area contributed by atoms with Gasteiger partial charge in [-0.1, -0.05) is 19.1 Å². The summed E-state index contributed by atoms with van der Waals surface area (Å²) in [5.41, 5.74) is 4.06. The average Bonchev–Trinajstić information content (AvgIpc) is 2.94. The summed E-state index contributed by atoms with van der Waals surface area (Å²) in [6.07, 6.45) is 5.97. The van der Waals surface area contributed by atoms with E-state index in [1.54, 1.807) is 5.56 Å². The summed E-state index contributed by atoms with van der Waals surface area (Å²) in [6, 6.07) is 7.35. The number of hydrogen-bond donors (Lipinski definition) is 1. The molecule has 3 nitrogen and oxygen atoms in total. The van der Waals surface area contributed by atoms with Crippen molar-refractivity contribution in [2.75, 3.05) is 25.1 Å². The molecule has 1 aromatic heterocycles. The highest BCUT2D eigenvalue weighted by molar-refractivity contribution is 7.98. The molecule has 1 aliphatic carbocycles. The predicted octanol–water partition coefficient (Wildman–Crippen LogP) is 3.67. The van der Waals surface area contributed by atoms with E-state index in [-0.39, 0.29) is 0 Å². The summed E-state index contributed by atoms with van der Waals surface area (Å²) in [5, 5.41) is 9.26. The van der Waals surface area contributed by atoms with Crippen LogP contribution in [0.2, 0.25) is 0 Å². The zero-order valence-corrected chi connectivity index (χ0v) is 14.3. The zero-order chi connectivity index (χ0) is 15.1. The van der Waals surface area contributed by atoms with Crippen molar-refractivity contribution in [3.8, 4) is 0 Å². The van der Waals surface area contributed by atoms with Crippen LogP contribution in [-0.4, -0.2) is 46.2 Å². The normalized spacial score (nSPS) is 28.0. The summed E-state index contributed by atoms with van der Waals surface area (Å²) in [7, 11) is 0. The van der Waals surface area contributed by atoms with Crippen LogP contribution in [-0.2, 0) is 6.42 Å². The Morgan fingerprint density at radius 1 is 1.41 bits per heavy atom. The molecule has 0 radical (unpaired) electrons. The zero-order valence-electron chi connectivity index (χ0n) is 13.5. The molecular formula is C18H25N3S. The Kier molecular flexibility index (Phi) is 3.91. The first-order valence-electron chi connectivity index (χ1n) is 8.50. The first kappa shape index (κ1) is 14.6. The SMILES string of the molecule is CCCN1CC(CSC)C[C@H]2c3cccc4n[nH]c(c34)C[C@@H]21. The van der Waals surface area contributed by atoms with E-state index in [0.29, 0.717) is 12.0 Å². The third-order valence-corrected chi connectivity index (χ3v) is 6.23. The summed E-state index contributed by atoms with van der Waals surface area (Å²) in [5.74, 6) is 2.80. The molecule has 1 aromatic carbocycles. The van der Waals surface area contributed by atoms with Crippen LogP contribution in [0, 0.1) is 5.92 Å². The molecule has 3 atom stereocenters. The largest absolute Gasteiger partial charge is 0.299 e. The van der Waals surface area contributed by atoms with E-state index < -0.39 is 0 Å². The minimum absolute atomic E-state index is 0.664. The van der Waals surface area contributed by atoms with Gasteiger partial charge < -0.3 is 0 Å². The highest BCUT2D eigenvalue weighted by atomic mass is 32.2. The minimum Gasteiger partial charge on any atom is -0.299 e. The minimum atomic E-state index is 0.664. The van der Waals surface area contributed by atoms with E-state index in [1.807, 2.05) is 11.8 Å². The highest BCUT2D eigenvalue weighted by Crippen LogP contribution is 2.44. The molecule has 1 unspecified atom stereocenters. The summed E-state index contributed by atoms with van der Waals surface area (Å²) < 4.78 is 0. The molecule has 4 rings (SSSR count). The van der Waals surface area contributed by atoms with Gasteiger partial charge in [-0.15, -0.1) is 0 Å². The van der Waals surface area contributed by atoms with Crippen LogP contribution in [0.15, 0.2) is 18.2 Å². The number of aromatic amines is 1. The average molecular weight is 315 g/mol. The molecular weight excluding hydrogens is 290 g/mol. The number of piperidine rings is 1. The molecule has 2 heterocycles. The summed E-state index contributed by atoms with van der Waals surface area (Å²) >= 11 is 2.00. The summed E-state index contributed by atoms with van der Waals surface area (Å²) in [4.78, 5) is 2.76. The fourth-order valence-corrected chi connectivity index (χ4v) is 5.36. The van der Waals surface area contributed by atoms with Gasteiger partial charge >= 0.3 is 0 Å². The van der Waals surface area contributed by atoms with Crippen molar-refractivity contribution in [3.63, 3.8) is 0 Å². The Hall–Kier alpha value is -1.00. The van der Waals surface area contributed by atoms with Crippen LogP contribution >= 0.6 is 11.8 Å². The van der Waals surface area contributed by atoms with Gasteiger partial charge in [0.2, 0.25) is 0 Å². The number of nitrogens with zero attached hydrogens (tertiary/aromatic N) is 2. The van der Waals surface area contributed by atoms with Gasteiger partial charge in [0.15, 0.2) is 0 Å². The molecule has 2 aromatic rings. The lowest BCUT2D eigenvalue weighted by molar-refractivity contribution is 0.0919. The van der Waals surface area contributed by atoms with Crippen molar-refractivity contribution in [1.29, 1.82) is 0 Å². The molecule has 0 amide bonds. The van der Waals surface area contributed by atoms with E-state index in [4.69, 9.17) is 0 Å². The predicted molar refractivity (Wildman–Crippen MR) is 94.7 cm³/mol. The van der Waals surface area contributed by atoms with Crippen molar-refractivity contribution in [2.24, 2.45) is 5.92 Å². The van der Waals surface area contributed by atoms with E-state index >= 15 is 0 Å². The number of H-pyrrole nitrogens is 1. The summed E-state index contributed by atoms with van der Waals surface area (Å²) in [6.45, 7) is 4.80. The van der Waals surface area contributed by atoms with Crippen molar-refractivity contribution >= 4 is 22.7 Å². The first-order chi connectivity index (χ1) is 10.8. The van der Waals surface area contributed by atoms with Gasteiger partial charge in [0.25, 0.3) is 0 Å². The lowest BCUT2D eigenvalue weighted by atomic mass is 9.73. The highest BCUT2D eigenvalue weighted by Gasteiger charge is 2.40. The van der Waals surface area contributed by atoms with E-state index in [2.05, 4.69) is 46.5 Å². The van der Waals surface area contributed by atoms with Crippen molar-refractivity contribution in [2.45, 2.75) is 38.1 Å². The van der Waals surface area contributed by atoms with E-state index in [1.165, 1.54) is 42.8 Å². The Labute approximate surface area is 136 Å². The van der Waals surface area contributed by atoms with Crippen LogP contribution in [0.5, 0.6) is 0 Å². The number of benzene rings is 1. The van der Waals surface area contributed by atoms with Crippen LogP contribution in [0.1, 0.15) is 36.9 Å². The van der Waals surface area contributed by atoms with Gasteiger partial charge in [0.1, 0.15) is 0 Å². The number of nitrogens with one attached hydrogen (secondary N) is 1. The van der Waals surface area contributed by atoms with Crippen molar-refractivity contribution in [1.82, 2.24) is 15.1 Å². The fraction of sp³-hybridized carbons (Fsp3) is 0.611. The van der Waals surface area contributed by atoms with Crippen molar-refractivity contribution in [3.05, 3.63) is 29.5 Å². The number of hydrogen-bond acceptors (Lipinski definition) is 3. The number of aromatic nitrogens is 2. The van der Waals surface area contributed by atoms with E-state index in [9.17, 15) is 0 Å². The maximum absolute atomic E-state index is 4.53. The number of rotatable bonds is 4. The topological polar surface area (TPSA) is 31.9 Å².